The molecule has 0 aliphatic rings. The van der Waals surface area contributed by atoms with Crippen molar-refractivity contribution in [1.82, 2.24) is 9.97 Å². The van der Waals surface area contributed by atoms with Gasteiger partial charge in [0.25, 0.3) is 0 Å². The Labute approximate surface area is 202 Å². The molecule has 30 heavy (non-hydrogen) atoms. The Bertz CT molecular complexity index is 955. The Kier molecular flexibility index (Phi) is 9.75. The molecule has 0 radical (unpaired) electrons. The molecule has 1 heterocycles. The van der Waals surface area contributed by atoms with E-state index in [1.54, 1.807) is 48.9 Å². The van der Waals surface area contributed by atoms with Crippen molar-refractivity contribution in [2.45, 2.75) is 26.1 Å². The van der Waals surface area contributed by atoms with E-state index < -0.39 is 12.1 Å². The Balaban J connectivity index is 0.00000320. The minimum atomic E-state index is -1.15. The molecule has 0 amide bonds. The van der Waals surface area contributed by atoms with Gasteiger partial charge in [0.2, 0.25) is 0 Å². The van der Waals surface area contributed by atoms with Crippen LogP contribution in [0.2, 0.25) is 5.02 Å². The molecule has 0 spiro atoms. The predicted octanol–water partition coefficient (Wildman–Crippen LogP) is 0.598. The SMILES string of the molecule is CCO[C@@H](CC(=O)[O-])c1ccc(OCc2ccc(Cl)c(-c3cnccn3)c2)cc1.[Na+]. The summed E-state index contributed by atoms with van der Waals surface area (Å²) in [7, 11) is 0. The van der Waals surface area contributed by atoms with Crippen molar-refractivity contribution in [3.63, 3.8) is 0 Å². The number of carbonyl (C=O) groups is 1. The Hall–Kier alpha value is -1.96. The van der Waals surface area contributed by atoms with E-state index in [0.29, 0.717) is 29.7 Å². The van der Waals surface area contributed by atoms with E-state index in [1.165, 1.54) is 0 Å². The van der Waals surface area contributed by atoms with Gasteiger partial charge in [-0.2, -0.15) is 0 Å². The van der Waals surface area contributed by atoms with E-state index in [0.717, 1.165) is 16.7 Å². The minimum Gasteiger partial charge on any atom is -0.550 e. The number of halogens is 1. The third-order valence-corrected chi connectivity index (χ3v) is 4.58. The molecule has 1 atom stereocenters. The fraction of sp³-hybridized carbons (Fsp3) is 0.227. The van der Waals surface area contributed by atoms with Gasteiger partial charge in [-0.15, -0.1) is 0 Å². The van der Waals surface area contributed by atoms with E-state index in [1.807, 2.05) is 19.1 Å². The van der Waals surface area contributed by atoms with Crippen molar-refractivity contribution in [2.24, 2.45) is 0 Å². The van der Waals surface area contributed by atoms with Gasteiger partial charge >= 0.3 is 29.6 Å². The average Bonchev–Trinajstić information content (AvgIpc) is 2.73. The van der Waals surface area contributed by atoms with Crippen molar-refractivity contribution >= 4 is 17.6 Å². The zero-order chi connectivity index (χ0) is 20.6. The number of carbonyl (C=O) groups excluding carboxylic acids is 1. The summed E-state index contributed by atoms with van der Waals surface area (Å²) in [6.45, 7) is 2.58. The smallest absolute Gasteiger partial charge is 0.550 e. The van der Waals surface area contributed by atoms with Crippen molar-refractivity contribution in [3.8, 4) is 17.0 Å². The molecule has 3 aromatic rings. The third kappa shape index (κ3) is 6.79. The molecule has 3 rings (SSSR count). The first-order valence-electron chi connectivity index (χ1n) is 9.16. The molecule has 0 aliphatic heterocycles. The van der Waals surface area contributed by atoms with Gasteiger partial charge in [0.05, 0.1) is 23.0 Å². The number of aromatic nitrogens is 2. The van der Waals surface area contributed by atoms with Gasteiger partial charge in [0, 0.05) is 37.0 Å². The van der Waals surface area contributed by atoms with Gasteiger partial charge in [-0.1, -0.05) is 29.8 Å². The topological polar surface area (TPSA) is 84.4 Å². The maximum Gasteiger partial charge on any atom is 1.00 e. The molecule has 0 fully saturated rings. The first-order valence-corrected chi connectivity index (χ1v) is 9.53. The van der Waals surface area contributed by atoms with Gasteiger partial charge < -0.3 is 19.4 Å². The van der Waals surface area contributed by atoms with Crippen LogP contribution >= 0.6 is 11.6 Å². The summed E-state index contributed by atoms with van der Waals surface area (Å²) in [6.07, 6.45) is 4.16. The Morgan fingerprint density at radius 2 is 1.93 bits per heavy atom. The molecular weight excluding hydrogens is 415 g/mol. The van der Waals surface area contributed by atoms with E-state index in [4.69, 9.17) is 21.1 Å². The number of nitrogens with zero attached hydrogens (tertiary/aromatic N) is 2. The van der Waals surface area contributed by atoms with Crippen molar-refractivity contribution in [3.05, 3.63) is 77.2 Å². The second-order valence-corrected chi connectivity index (χ2v) is 6.69. The van der Waals surface area contributed by atoms with Crippen LogP contribution in [0.25, 0.3) is 11.3 Å². The molecule has 2 aromatic carbocycles. The van der Waals surface area contributed by atoms with Crippen molar-refractivity contribution < 1.29 is 48.9 Å². The van der Waals surface area contributed by atoms with Crippen LogP contribution in [-0.4, -0.2) is 22.5 Å². The average molecular weight is 435 g/mol. The van der Waals surface area contributed by atoms with Crippen LogP contribution in [0.3, 0.4) is 0 Å². The summed E-state index contributed by atoms with van der Waals surface area (Å²) in [6, 6.07) is 12.8. The molecule has 6 nitrogen and oxygen atoms in total. The van der Waals surface area contributed by atoms with Crippen LogP contribution < -0.4 is 39.4 Å². The number of carboxylic acid groups (broad SMARTS) is 1. The maximum absolute atomic E-state index is 10.9. The number of benzene rings is 2. The van der Waals surface area contributed by atoms with Crippen LogP contribution in [0.5, 0.6) is 5.75 Å². The number of hydrogen-bond donors (Lipinski definition) is 0. The summed E-state index contributed by atoms with van der Waals surface area (Å²) >= 11 is 6.29. The molecule has 0 aliphatic carbocycles. The molecular formula is C22H20ClN2NaO4. The monoisotopic (exact) mass is 434 g/mol. The van der Waals surface area contributed by atoms with E-state index in [9.17, 15) is 9.90 Å². The van der Waals surface area contributed by atoms with E-state index in [-0.39, 0.29) is 36.0 Å². The Morgan fingerprint density at radius 3 is 2.57 bits per heavy atom. The summed E-state index contributed by atoms with van der Waals surface area (Å²) in [4.78, 5) is 19.3. The third-order valence-electron chi connectivity index (χ3n) is 4.25. The minimum absolute atomic E-state index is 0. The van der Waals surface area contributed by atoms with Gasteiger partial charge in [-0.25, -0.2) is 0 Å². The van der Waals surface area contributed by atoms with E-state index >= 15 is 0 Å². The maximum atomic E-state index is 10.9. The molecule has 1 aromatic heterocycles. The summed E-state index contributed by atoms with van der Waals surface area (Å²) in [5.74, 6) is -0.487. The van der Waals surface area contributed by atoms with Crippen LogP contribution in [-0.2, 0) is 16.1 Å². The van der Waals surface area contributed by atoms with Crippen LogP contribution in [0, 0.1) is 0 Å². The second-order valence-electron chi connectivity index (χ2n) is 6.28. The number of carboxylic acids is 1. The number of rotatable bonds is 9. The van der Waals surface area contributed by atoms with Gasteiger partial charge in [0.15, 0.2) is 0 Å². The number of hydrogen-bond acceptors (Lipinski definition) is 6. The quantitative estimate of drug-likeness (QED) is 0.458. The zero-order valence-corrected chi connectivity index (χ0v) is 19.6. The summed E-state index contributed by atoms with van der Waals surface area (Å²) < 4.78 is 11.3. The molecule has 8 heteroatoms. The first kappa shape index (κ1) is 24.3. The van der Waals surface area contributed by atoms with Crippen LogP contribution in [0.15, 0.2) is 61.1 Å². The summed E-state index contributed by atoms with van der Waals surface area (Å²) in [5, 5.41) is 11.5. The second kappa shape index (κ2) is 12.0. The predicted molar refractivity (Wildman–Crippen MR) is 107 cm³/mol. The fourth-order valence-corrected chi connectivity index (χ4v) is 3.08. The fourth-order valence-electron chi connectivity index (χ4n) is 2.87. The molecule has 0 N–H and O–H groups in total. The van der Waals surface area contributed by atoms with E-state index in [2.05, 4.69) is 9.97 Å². The standard InChI is InChI=1S/C22H21ClN2O4.Na/c1-2-28-21(12-22(26)27)16-4-6-17(7-5-16)29-14-15-3-8-19(23)18(11-15)20-13-24-9-10-25-20;/h3-11,13,21H,2,12,14H2,1H3,(H,26,27);/q;+1/p-1/t21-;/m0./s1. The van der Waals surface area contributed by atoms with Crippen molar-refractivity contribution in [1.29, 1.82) is 0 Å². The largest absolute Gasteiger partial charge is 1.00 e. The number of ether oxygens (including phenoxy) is 2. The molecule has 0 saturated carbocycles. The zero-order valence-electron chi connectivity index (χ0n) is 16.9. The molecule has 0 saturated heterocycles. The van der Waals surface area contributed by atoms with Gasteiger partial charge in [0.1, 0.15) is 12.4 Å². The molecule has 0 unspecified atom stereocenters. The first-order chi connectivity index (χ1) is 14.1. The molecule has 150 valence electrons. The van der Waals surface area contributed by atoms with Crippen LogP contribution in [0.1, 0.15) is 30.6 Å². The van der Waals surface area contributed by atoms with Gasteiger partial charge in [-0.3, -0.25) is 9.97 Å². The van der Waals surface area contributed by atoms with Crippen LogP contribution in [0.4, 0.5) is 0 Å². The van der Waals surface area contributed by atoms with Gasteiger partial charge in [-0.05, 0) is 42.3 Å². The Morgan fingerprint density at radius 1 is 1.17 bits per heavy atom. The summed E-state index contributed by atoms with van der Waals surface area (Å²) in [5.41, 5.74) is 3.18. The molecule has 0 bridgehead atoms. The normalized spacial score (nSPS) is 11.4. The van der Waals surface area contributed by atoms with Crippen molar-refractivity contribution in [2.75, 3.05) is 6.61 Å². The number of aliphatic carboxylic acids is 1.